The Balaban J connectivity index is 1.25. The van der Waals surface area contributed by atoms with Gasteiger partial charge in [-0.15, -0.1) is 0 Å². The van der Waals surface area contributed by atoms with E-state index in [1.165, 1.54) is 11.1 Å². The molecule has 1 N–H and O–H groups in total. The number of hydrogen-bond donors (Lipinski definition) is 1. The van der Waals surface area contributed by atoms with Crippen LogP contribution in [0.2, 0.25) is 0 Å². The van der Waals surface area contributed by atoms with Crippen molar-refractivity contribution >= 4 is 34.4 Å². The molecule has 6 heterocycles. The summed E-state index contributed by atoms with van der Waals surface area (Å²) in [6.07, 6.45) is 9.71. The summed E-state index contributed by atoms with van der Waals surface area (Å²) in [6, 6.07) is 9.97. The van der Waals surface area contributed by atoms with Gasteiger partial charge >= 0.3 is 0 Å². The van der Waals surface area contributed by atoms with Crippen LogP contribution in [0.3, 0.4) is 0 Å². The quantitative estimate of drug-likeness (QED) is 0.379. The Kier molecular flexibility index (Phi) is 5.33. The van der Waals surface area contributed by atoms with Crippen molar-refractivity contribution in [2.24, 2.45) is 5.41 Å². The van der Waals surface area contributed by atoms with Crippen molar-refractivity contribution in [3.05, 3.63) is 70.2 Å². The summed E-state index contributed by atoms with van der Waals surface area (Å²) in [7, 11) is 2.13. The van der Waals surface area contributed by atoms with E-state index in [9.17, 15) is 9.59 Å². The highest BCUT2D eigenvalue weighted by atomic mass is 16.5. The minimum atomic E-state index is -0.199. The Bertz CT molecular complexity index is 1820. The third-order valence-electron chi connectivity index (χ3n) is 8.74. The number of aromatic nitrogens is 5. The predicted octanol–water partition coefficient (Wildman–Crippen LogP) is 3.17. The Morgan fingerprint density at radius 3 is 2.83 bits per heavy atom. The van der Waals surface area contributed by atoms with E-state index in [4.69, 9.17) is 14.7 Å². The van der Waals surface area contributed by atoms with Crippen molar-refractivity contribution in [3.63, 3.8) is 0 Å². The van der Waals surface area contributed by atoms with Gasteiger partial charge in [-0.05, 0) is 73.5 Å². The second-order valence-electron chi connectivity index (χ2n) is 11.7. The van der Waals surface area contributed by atoms with Crippen LogP contribution in [0.5, 0.6) is 5.75 Å². The number of carbonyl (C=O) groups excluding carboxylic acids is 1. The number of fused-ring (bicyclic) bond motifs is 6. The molecule has 4 aliphatic rings. The zero-order valence-corrected chi connectivity index (χ0v) is 22.8. The number of rotatable bonds is 2. The van der Waals surface area contributed by atoms with Crippen LogP contribution in [-0.2, 0) is 24.3 Å². The van der Waals surface area contributed by atoms with E-state index in [1.807, 2.05) is 18.2 Å². The number of carbonyl (C=O) groups is 1. The third kappa shape index (κ3) is 4.10. The molecule has 3 aliphatic heterocycles. The fraction of sp³-hybridized carbons (Fsp3) is 0.367. The van der Waals surface area contributed by atoms with Crippen molar-refractivity contribution in [2.75, 3.05) is 37.0 Å². The number of benzene rings is 1. The van der Waals surface area contributed by atoms with Crippen LogP contribution in [-0.4, -0.2) is 61.9 Å². The molecule has 0 unspecified atom stereocenters. The molecular weight excluding hydrogens is 520 g/mol. The van der Waals surface area contributed by atoms with Crippen molar-refractivity contribution in [3.8, 4) is 11.6 Å². The van der Waals surface area contributed by atoms with Gasteiger partial charge in [0.2, 0.25) is 5.95 Å². The molecule has 0 radical (unpaired) electrons. The molecule has 8 rings (SSSR count). The van der Waals surface area contributed by atoms with E-state index in [2.05, 4.69) is 40.5 Å². The highest BCUT2D eigenvalue weighted by molar-refractivity contribution is 5.97. The Morgan fingerprint density at radius 1 is 1.05 bits per heavy atom. The first-order chi connectivity index (χ1) is 20.0. The number of nitrogens with zero attached hydrogens (tertiary/aromatic N) is 7. The third-order valence-corrected chi connectivity index (χ3v) is 8.74. The number of pyridine rings is 1. The van der Waals surface area contributed by atoms with Crippen molar-refractivity contribution in [1.29, 1.82) is 0 Å². The standard InChI is InChI=1S/C30H30N8O3/c1-35-13-8-19-4-5-21(14-20(19)16-35)32-29-31-15-22-26(34-29)38-24-7-6-23-27(33-24)36(25(39)17-41-23)18-30(10-11-30)9-2-3-12-37(38)28(22)40/h2-7,14-15H,8-13,16-18H2,1H3,(H,31,32,34)/b3-2-. The van der Waals surface area contributed by atoms with Gasteiger partial charge in [0.15, 0.2) is 29.6 Å². The predicted molar refractivity (Wildman–Crippen MR) is 154 cm³/mol. The number of allylic oxidation sites excluding steroid dienone is 2. The Labute approximate surface area is 236 Å². The van der Waals surface area contributed by atoms with Crippen molar-refractivity contribution in [2.45, 2.75) is 38.8 Å². The second kappa shape index (κ2) is 9.00. The first-order valence-electron chi connectivity index (χ1n) is 14.1. The molecule has 0 saturated heterocycles. The monoisotopic (exact) mass is 550 g/mol. The first-order valence-corrected chi connectivity index (χ1v) is 14.1. The zero-order valence-electron chi connectivity index (χ0n) is 22.8. The molecule has 0 atom stereocenters. The molecule has 208 valence electrons. The van der Waals surface area contributed by atoms with E-state index in [0.717, 1.165) is 44.5 Å². The van der Waals surface area contributed by atoms with E-state index >= 15 is 0 Å². The van der Waals surface area contributed by atoms with E-state index in [0.29, 0.717) is 47.5 Å². The second-order valence-corrected chi connectivity index (χ2v) is 11.7. The number of nitrogens with one attached hydrogen (secondary N) is 1. The maximum absolute atomic E-state index is 13.6. The summed E-state index contributed by atoms with van der Waals surface area (Å²) >= 11 is 0. The lowest BCUT2D eigenvalue weighted by Gasteiger charge is -2.31. The van der Waals surface area contributed by atoms with Gasteiger partial charge in [-0.3, -0.25) is 14.5 Å². The zero-order chi connectivity index (χ0) is 27.7. The number of amides is 1. The topological polar surface area (TPSA) is 110 Å². The molecule has 4 aromatic rings. The highest BCUT2D eigenvalue weighted by Crippen LogP contribution is 2.51. The number of anilines is 3. The SMILES string of the molecule is CN1CCc2ccc(Nc3ncc4c(=O)n5n(c4n3)-c3ccc4c(n3)N(CC3(C/C=C\C5)CC3)C(=O)CO4)cc2C1. The van der Waals surface area contributed by atoms with Crippen LogP contribution >= 0.6 is 0 Å². The fourth-order valence-electron chi connectivity index (χ4n) is 6.19. The average Bonchev–Trinajstić information content (AvgIpc) is 3.68. The first kappa shape index (κ1) is 24.3. The lowest BCUT2D eigenvalue weighted by Crippen LogP contribution is -2.43. The van der Waals surface area contributed by atoms with Crippen molar-refractivity contribution < 1.29 is 9.53 Å². The minimum absolute atomic E-state index is 0.00165. The van der Waals surface area contributed by atoms with Gasteiger partial charge in [-0.1, -0.05) is 18.2 Å². The van der Waals surface area contributed by atoms with Crippen LogP contribution in [0, 0.1) is 5.41 Å². The summed E-state index contributed by atoms with van der Waals surface area (Å²) in [5.41, 5.74) is 3.83. The lowest BCUT2D eigenvalue weighted by molar-refractivity contribution is -0.121. The average molecular weight is 551 g/mol. The summed E-state index contributed by atoms with van der Waals surface area (Å²) in [6.45, 7) is 2.92. The van der Waals surface area contributed by atoms with Gasteiger partial charge in [0, 0.05) is 31.5 Å². The molecular formula is C30H30N8O3. The number of hydrogen-bond acceptors (Lipinski definition) is 8. The van der Waals surface area contributed by atoms with Crippen molar-refractivity contribution in [1.82, 2.24) is 29.2 Å². The molecule has 1 fully saturated rings. The molecule has 1 amide bonds. The highest BCUT2D eigenvalue weighted by Gasteiger charge is 2.45. The van der Waals surface area contributed by atoms with Crippen LogP contribution in [0.4, 0.5) is 17.5 Å². The molecule has 11 nitrogen and oxygen atoms in total. The van der Waals surface area contributed by atoms with Gasteiger partial charge in [-0.2, -0.15) is 4.98 Å². The molecule has 2 bridgehead atoms. The van der Waals surface area contributed by atoms with E-state index in [1.54, 1.807) is 26.5 Å². The van der Waals surface area contributed by atoms with Gasteiger partial charge in [-0.25, -0.2) is 19.3 Å². The number of ether oxygens (including phenoxy) is 1. The smallest absolute Gasteiger partial charge is 0.278 e. The fourth-order valence-corrected chi connectivity index (χ4v) is 6.19. The van der Waals surface area contributed by atoms with Gasteiger partial charge in [0.1, 0.15) is 5.39 Å². The van der Waals surface area contributed by atoms with Gasteiger partial charge in [0.05, 0.1) is 6.54 Å². The largest absolute Gasteiger partial charge is 0.480 e. The van der Waals surface area contributed by atoms with Gasteiger partial charge in [0.25, 0.3) is 11.5 Å². The van der Waals surface area contributed by atoms with Crippen LogP contribution in [0.1, 0.15) is 30.4 Å². The normalized spacial score (nSPS) is 20.0. The molecule has 1 aliphatic carbocycles. The summed E-state index contributed by atoms with van der Waals surface area (Å²) < 4.78 is 9.09. The van der Waals surface area contributed by atoms with Crippen LogP contribution in [0.25, 0.3) is 16.9 Å². The van der Waals surface area contributed by atoms with E-state index < -0.39 is 0 Å². The molecule has 11 heteroatoms. The minimum Gasteiger partial charge on any atom is -0.480 e. The maximum Gasteiger partial charge on any atom is 0.278 e. The van der Waals surface area contributed by atoms with Gasteiger partial charge < -0.3 is 15.0 Å². The number of likely N-dealkylation sites (N-methyl/N-ethyl adjacent to an activating group) is 1. The Morgan fingerprint density at radius 2 is 1.95 bits per heavy atom. The van der Waals surface area contributed by atoms with Crippen LogP contribution < -0.4 is 20.5 Å². The summed E-state index contributed by atoms with van der Waals surface area (Å²) in [5.74, 6) is 1.82. The summed E-state index contributed by atoms with van der Waals surface area (Å²) in [5, 5.41) is 3.73. The summed E-state index contributed by atoms with van der Waals surface area (Å²) in [4.78, 5) is 44.9. The maximum atomic E-state index is 13.6. The molecule has 1 aromatic carbocycles. The molecule has 41 heavy (non-hydrogen) atoms. The van der Waals surface area contributed by atoms with Crippen LogP contribution in [0.15, 0.2) is 53.5 Å². The molecule has 1 saturated carbocycles. The Hall–Kier alpha value is -4.51. The molecule has 3 aromatic heterocycles. The lowest BCUT2D eigenvalue weighted by atomic mass is 9.99. The molecule has 1 spiro atoms. The van der Waals surface area contributed by atoms with E-state index in [-0.39, 0.29) is 23.5 Å².